The van der Waals surface area contributed by atoms with E-state index in [0.717, 1.165) is 6.07 Å². The SMILES string of the molecule is CC(C)(C#N)c1cc(F)c(C(=O)O)c(Br)c1.CC(C)(C#N)c1cc(F)cc(Br)c1. The highest BCUT2D eigenvalue weighted by atomic mass is 79.9. The minimum Gasteiger partial charge on any atom is -0.478 e. The average Bonchev–Trinajstić information content (AvgIpc) is 2.60. The normalized spacial score (nSPS) is 11.0. The van der Waals surface area contributed by atoms with E-state index in [-0.39, 0.29) is 10.3 Å². The van der Waals surface area contributed by atoms with Crippen LogP contribution in [0.15, 0.2) is 39.3 Å². The molecule has 0 heterocycles. The molecule has 29 heavy (non-hydrogen) atoms. The molecular weight excluding hydrogens is 510 g/mol. The van der Waals surface area contributed by atoms with Crippen molar-refractivity contribution in [2.24, 2.45) is 0 Å². The molecule has 0 saturated carbocycles. The zero-order chi connectivity index (χ0) is 22.6. The molecular formula is C21H18Br2F2N2O2. The molecule has 0 aliphatic rings. The van der Waals surface area contributed by atoms with Crippen LogP contribution in [0, 0.1) is 34.3 Å². The lowest BCUT2D eigenvalue weighted by atomic mass is 9.86. The monoisotopic (exact) mass is 526 g/mol. The number of carboxylic acids is 1. The van der Waals surface area contributed by atoms with Crippen molar-refractivity contribution in [3.8, 4) is 12.1 Å². The van der Waals surface area contributed by atoms with E-state index in [4.69, 9.17) is 15.6 Å². The molecule has 152 valence electrons. The minimum absolute atomic E-state index is 0.137. The highest BCUT2D eigenvalue weighted by Crippen LogP contribution is 2.29. The number of nitriles is 2. The molecule has 2 aromatic rings. The molecule has 0 aliphatic heterocycles. The fraction of sp³-hybridized carbons (Fsp3) is 0.286. The topological polar surface area (TPSA) is 84.9 Å². The van der Waals surface area contributed by atoms with Crippen LogP contribution in [0.4, 0.5) is 8.78 Å². The highest BCUT2D eigenvalue weighted by Gasteiger charge is 2.24. The van der Waals surface area contributed by atoms with Crippen molar-refractivity contribution in [1.29, 1.82) is 10.5 Å². The fourth-order valence-corrected chi connectivity index (χ4v) is 3.25. The Morgan fingerprint density at radius 3 is 1.79 bits per heavy atom. The van der Waals surface area contributed by atoms with Crippen LogP contribution in [-0.2, 0) is 10.8 Å². The van der Waals surface area contributed by atoms with E-state index >= 15 is 0 Å². The third-order valence-electron chi connectivity index (χ3n) is 4.12. The van der Waals surface area contributed by atoms with Crippen molar-refractivity contribution < 1.29 is 18.7 Å². The van der Waals surface area contributed by atoms with Gasteiger partial charge in [0.15, 0.2) is 0 Å². The first-order valence-electron chi connectivity index (χ1n) is 8.27. The van der Waals surface area contributed by atoms with Gasteiger partial charge < -0.3 is 5.11 Å². The van der Waals surface area contributed by atoms with E-state index in [2.05, 4.69) is 37.9 Å². The van der Waals surface area contributed by atoms with Crippen LogP contribution in [0.1, 0.15) is 49.2 Å². The Labute approximate surface area is 185 Å². The zero-order valence-electron chi connectivity index (χ0n) is 16.1. The van der Waals surface area contributed by atoms with Crippen LogP contribution in [0.3, 0.4) is 0 Å². The summed E-state index contributed by atoms with van der Waals surface area (Å²) < 4.78 is 27.3. The summed E-state index contributed by atoms with van der Waals surface area (Å²) >= 11 is 6.18. The smallest absolute Gasteiger partial charge is 0.339 e. The Morgan fingerprint density at radius 1 is 0.931 bits per heavy atom. The van der Waals surface area contributed by atoms with E-state index in [0.29, 0.717) is 15.6 Å². The van der Waals surface area contributed by atoms with Gasteiger partial charge in [0.05, 0.1) is 23.0 Å². The number of nitrogens with zero attached hydrogens (tertiary/aromatic N) is 2. The van der Waals surface area contributed by atoms with Gasteiger partial charge in [-0.05, 0) is 85.1 Å². The first kappa shape index (κ1) is 24.7. The van der Waals surface area contributed by atoms with Gasteiger partial charge in [0.25, 0.3) is 0 Å². The minimum atomic E-state index is -1.34. The summed E-state index contributed by atoms with van der Waals surface area (Å²) in [6.45, 7) is 6.78. The van der Waals surface area contributed by atoms with Gasteiger partial charge in [0.2, 0.25) is 0 Å². The predicted octanol–water partition coefficient (Wildman–Crippen LogP) is 6.48. The number of hydrogen-bond donors (Lipinski definition) is 1. The maximum Gasteiger partial charge on any atom is 0.339 e. The molecule has 2 rings (SSSR count). The molecule has 0 atom stereocenters. The maximum atomic E-state index is 13.5. The second kappa shape index (κ2) is 9.47. The van der Waals surface area contributed by atoms with Crippen molar-refractivity contribution in [2.45, 2.75) is 38.5 Å². The Balaban J connectivity index is 0.000000296. The molecule has 2 aromatic carbocycles. The number of aromatic carboxylic acids is 1. The first-order chi connectivity index (χ1) is 13.2. The lowest BCUT2D eigenvalue weighted by Crippen LogP contribution is -2.15. The maximum absolute atomic E-state index is 13.5. The summed E-state index contributed by atoms with van der Waals surface area (Å²) in [6.07, 6.45) is 0. The molecule has 0 aliphatic carbocycles. The van der Waals surface area contributed by atoms with E-state index in [9.17, 15) is 13.6 Å². The Bertz CT molecular complexity index is 979. The Hall–Kier alpha value is -2.29. The van der Waals surface area contributed by atoms with Gasteiger partial charge in [-0.1, -0.05) is 15.9 Å². The predicted molar refractivity (Wildman–Crippen MR) is 112 cm³/mol. The second-order valence-corrected chi connectivity index (χ2v) is 9.02. The van der Waals surface area contributed by atoms with Gasteiger partial charge in [0.1, 0.15) is 17.2 Å². The van der Waals surface area contributed by atoms with Crippen molar-refractivity contribution in [2.75, 3.05) is 0 Å². The van der Waals surface area contributed by atoms with Crippen LogP contribution in [0.25, 0.3) is 0 Å². The molecule has 0 amide bonds. The standard InChI is InChI=1S/C11H9BrFNO2.C10H9BrFN/c1-11(2,5-14)6-3-7(12)9(10(15)16)8(13)4-6;1-10(2,6-13)7-3-8(11)5-9(12)4-7/h3-4H,1-2H3,(H,15,16);3-5H,1-2H3. The van der Waals surface area contributed by atoms with Crippen molar-refractivity contribution in [3.63, 3.8) is 0 Å². The van der Waals surface area contributed by atoms with Crippen molar-refractivity contribution in [3.05, 3.63) is 67.6 Å². The molecule has 0 radical (unpaired) electrons. The quantitative estimate of drug-likeness (QED) is 0.495. The van der Waals surface area contributed by atoms with Crippen molar-refractivity contribution >= 4 is 37.8 Å². The Morgan fingerprint density at radius 2 is 1.41 bits per heavy atom. The summed E-state index contributed by atoms with van der Waals surface area (Å²) in [4.78, 5) is 10.7. The molecule has 0 aromatic heterocycles. The molecule has 8 heteroatoms. The number of carbonyl (C=O) groups is 1. The van der Waals surface area contributed by atoms with Gasteiger partial charge in [-0.25, -0.2) is 13.6 Å². The van der Waals surface area contributed by atoms with Crippen LogP contribution >= 0.6 is 31.9 Å². The molecule has 0 unspecified atom stereocenters. The summed E-state index contributed by atoms with van der Waals surface area (Å²) in [7, 11) is 0. The summed E-state index contributed by atoms with van der Waals surface area (Å²) in [6, 6.07) is 11.2. The third kappa shape index (κ3) is 6.35. The molecule has 0 bridgehead atoms. The number of hydrogen-bond acceptors (Lipinski definition) is 3. The largest absolute Gasteiger partial charge is 0.478 e. The number of benzene rings is 2. The molecule has 0 saturated heterocycles. The van der Waals surface area contributed by atoms with Crippen molar-refractivity contribution in [1.82, 2.24) is 0 Å². The summed E-state index contributed by atoms with van der Waals surface area (Å²) in [5, 5.41) is 26.5. The van der Waals surface area contributed by atoms with Crippen LogP contribution in [0.2, 0.25) is 0 Å². The van der Waals surface area contributed by atoms with Crippen LogP contribution in [-0.4, -0.2) is 11.1 Å². The Kier molecular flexibility index (Phi) is 8.08. The number of carboxylic acid groups (broad SMARTS) is 1. The highest BCUT2D eigenvalue weighted by molar-refractivity contribution is 9.10. The van der Waals surface area contributed by atoms with Gasteiger partial charge >= 0.3 is 5.97 Å². The van der Waals surface area contributed by atoms with Crippen LogP contribution < -0.4 is 0 Å². The number of halogens is 4. The van der Waals surface area contributed by atoms with E-state index in [1.807, 2.05) is 6.07 Å². The van der Waals surface area contributed by atoms with Gasteiger partial charge in [0, 0.05) is 8.95 Å². The third-order valence-corrected chi connectivity index (χ3v) is 5.20. The zero-order valence-corrected chi connectivity index (χ0v) is 19.3. The number of rotatable bonds is 3. The molecule has 0 spiro atoms. The van der Waals surface area contributed by atoms with Gasteiger partial charge in [-0.15, -0.1) is 0 Å². The first-order valence-corrected chi connectivity index (χ1v) is 9.85. The summed E-state index contributed by atoms with van der Waals surface area (Å²) in [5.74, 6) is -2.52. The van der Waals surface area contributed by atoms with Gasteiger partial charge in [-0.2, -0.15) is 10.5 Å². The molecule has 1 N–H and O–H groups in total. The van der Waals surface area contributed by atoms with Gasteiger partial charge in [-0.3, -0.25) is 0 Å². The van der Waals surface area contributed by atoms with E-state index in [1.165, 1.54) is 18.2 Å². The average molecular weight is 528 g/mol. The molecule has 0 fully saturated rings. The van der Waals surface area contributed by atoms with E-state index in [1.54, 1.807) is 33.8 Å². The molecule has 4 nitrogen and oxygen atoms in total. The van der Waals surface area contributed by atoms with Crippen LogP contribution in [0.5, 0.6) is 0 Å². The summed E-state index contributed by atoms with van der Waals surface area (Å²) in [5.41, 5.74) is -0.811. The lowest BCUT2D eigenvalue weighted by molar-refractivity contribution is 0.0690. The fourth-order valence-electron chi connectivity index (χ4n) is 2.18. The lowest BCUT2D eigenvalue weighted by Gasteiger charge is -2.17. The van der Waals surface area contributed by atoms with E-state index < -0.39 is 28.2 Å². The second-order valence-electron chi connectivity index (χ2n) is 7.25.